The summed E-state index contributed by atoms with van der Waals surface area (Å²) in [6, 6.07) is 6.83. The summed E-state index contributed by atoms with van der Waals surface area (Å²) >= 11 is 18.2. The van der Waals surface area contributed by atoms with Crippen LogP contribution in [-0.2, 0) is 11.4 Å². The van der Waals surface area contributed by atoms with Crippen LogP contribution in [0.1, 0.15) is 50.0 Å². The van der Waals surface area contributed by atoms with Gasteiger partial charge in [-0.25, -0.2) is 0 Å². The van der Waals surface area contributed by atoms with Gasteiger partial charge >= 0.3 is 0 Å². The van der Waals surface area contributed by atoms with Crippen LogP contribution in [0.2, 0.25) is 15.1 Å². The molecule has 0 spiro atoms. The molecule has 0 saturated heterocycles. The van der Waals surface area contributed by atoms with Crippen LogP contribution >= 0.6 is 34.8 Å². The molecule has 6 heteroatoms. The molecule has 158 valence electrons. The lowest BCUT2D eigenvalue weighted by atomic mass is 9.48. The molecule has 4 bridgehead atoms. The van der Waals surface area contributed by atoms with Gasteiger partial charge in [0, 0.05) is 10.4 Å². The Morgan fingerprint density at radius 3 is 2.23 bits per heavy atom. The fraction of sp³-hybridized carbons (Fsp3) is 0.458. The number of carbonyl (C=O) groups is 1. The number of hydrogen-bond acceptors (Lipinski definition) is 3. The summed E-state index contributed by atoms with van der Waals surface area (Å²) in [4.78, 5) is 13.1. The number of ether oxygens (including phenoxy) is 1. The van der Waals surface area contributed by atoms with Crippen molar-refractivity contribution in [3.05, 3.63) is 56.9 Å². The summed E-state index contributed by atoms with van der Waals surface area (Å²) in [5, 5.41) is 1.15. The zero-order valence-corrected chi connectivity index (χ0v) is 18.8. The summed E-state index contributed by atoms with van der Waals surface area (Å²) in [7, 11) is 0. The lowest BCUT2D eigenvalue weighted by Crippen LogP contribution is -2.49. The van der Waals surface area contributed by atoms with Gasteiger partial charge in [0.2, 0.25) is 0 Å². The lowest BCUT2D eigenvalue weighted by molar-refractivity contribution is -0.138. The zero-order valence-electron chi connectivity index (χ0n) is 16.5. The highest BCUT2D eigenvalue weighted by Crippen LogP contribution is 2.60. The first-order valence-electron chi connectivity index (χ1n) is 10.5. The average molecular weight is 466 g/mol. The minimum Gasteiger partial charge on any atom is -0.483 e. The summed E-state index contributed by atoms with van der Waals surface area (Å²) in [5.41, 5.74) is -0.119. The number of rotatable bonds is 6. The van der Waals surface area contributed by atoms with Crippen LogP contribution in [0.4, 0.5) is 0 Å². The van der Waals surface area contributed by atoms with Gasteiger partial charge in [0.25, 0.3) is 0 Å². The van der Waals surface area contributed by atoms with E-state index in [1.165, 1.54) is 19.3 Å². The van der Waals surface area contributed by atoms with Gasteiger partial charge in [-0.15, -0.1) is 0 Å². The normalized spacial score (nSPS) is 29.6. The minimum absolute atomic E-state index is 0.119. The summed E-state index contributed by atoms with van der Waals surface area (Å²) < 4.78 is 11.5. The number of furan rings is 1. The molecular weight excluding hydrogens is 443 g/mol. The second kappa shape index (κ2) is 7.93. The summed E-state index contributed by atoms with van der Waals surface area (Å²) in [6.07, 6.45) is 10.7. The Labute approximate surface area is 191 Å². The van der Waals surface area contributed by atoms with E-state index >= 15 is 0 Å². The second-order valence-corrected chi connectivity index (χ2v) is 10.4. The highest BCUT2D eigenvalue weighted by atomic mass is 35.5. The quantitative estimate of drug-likeness (QED) is 0.412. The van der Waals surface area contributed by atoms with E-state index in [1.807, 2.05) is 12.1 Å². The van der Waals surface area contributed by atoms with Crippen molar-refractivity contribution in [1.82, 2.24) is 0 Å². The summed E-state index contributed by atoms with van der Waals surface area (Å²) in [5.74, 6) is 4.18. The molecule has 1 aromatic carbocycles. The van der Waals surface area contributed by atoms with Crippen molar-refractivity contribution in [3.8, 4) is 5.75 Å². The van der Waals surface area contributed by atoms with Crippen molar-refractivity contribution in [1.29, 1.82) is 0 Å². The van der Waals surface area contributed by atoms with Crippen molar-refractivity contribution in [2.24, 2.45) is 23.2 Å². The van der Waals surface area contributed by atoms with Gasteiger partial charge in [-0.05, 0) is 92.7 Å². The Morgan fingerprint density at radius 2 is 1.63 bits per heavy atom. The molecule has 0 N–H and O–H groups in total. The molecule has 0 aliphatic heterocycles. The predicted molar refractivity (Wildman–Crippen MR) is 119 cm³/mol. The number of carbonyl (C=O) groups excluding carboxylic acids is 1. The van der Waals surface area contributed by atoms with Crippen LogP contribution in [0.15, 0.2) is 34.8 Å². The summed E-state index contributed by atoms with van der Waals surface area (Å²) in [6.45, 7) is 0.178. The Hall–Kier alpha value is -1.42. The Kier molecular flexibility index (Phi) is 5.41. The maximum atomic E-state index is 13.1. The molecule has 4 saturated carbocycles. The van der Waals surface area contributed by atoms with Gasteiger partial charge in [0.1, 0.15) is 18.1 Å². The number of benzene rings is 1. The van der Waals surface area contributed by atoms with E-state index in [1.54, 1.807) is 24.3 Å². The van der Waals surface area contributed by atoms with E-state index in [4.69, 9.17) is 44.0 Å². The maximum Gasteiger partial charge on any atom is 0.161 e. The van der Waals surface area contributed by atoms with Crippen molar-refractivity contribution < 1.29 is 13.9 Å². The molecule has 0 atom stereocenters. The molecule has 0 radical (unpaired) electrons. The average Bonchev–Trinajstić information content (AvgIpc) is 3.12. The first-order chi connectivity index (χ1) is 14.4. The molecule has 6 rings (SSSR count). The van der Waals surface area contributed by atoms with E-state index < -0.39 is 0 Å². The molecule has 2 aromatic rings. The largest absolute Gasteiger partial charge is 0.483 e. The van der Waals surface area contributed by atoms with Gasteiger partial charge in [0.05, 0.1) is 10.0 Å². The Morgan fingerprint density at radius 1 is 1.03 bits per heavy atom. The number of allylic oxidation sites excluding steroid dienone is 1. The molecule has 4 aliphatic carbocycles. The van der Waals surface area contributed by atoms with Gasteiger partial charge in [-0.3, -0.25) is 4.79 Å². The van der Waals surface area contributed by atoms with E-state index in [0.717, 1.165) is 37.0 Å². The molecular formula is C24H23Cl3O3. The molecule has 3 nitrogen and oxygen atoms in total. The van der Waals surface area contributed by atoms with E-state index in [2.05, 4.69) is 0 Å². The van der Waals surface area contributed by atoms with Crippen LogP contribution in [0.3, 0.4) is 0 Å². The van der Waals surface area contributed by atoms with Gasteiger partial charge in [-0.2, -0.15) is 0 Å². The third-order valence-electron chi connectivity index (χ3n) is 6.96. The van der Waals surface area contributed by atoms with Crippen LogP contribution in [-0.4, -0.2) is 5.78 Å². The smallest absolute Gasteiger partial charge is 0.161 e. The van der Waals surface area contributed by atoms with Gasteiger partial charge in [-0.1, -0.05) is 34.8 Å². The number of ketones is 1. The zero-order chi connectivity index (χ0) is 20.9. The molecule has 0 amide bonds. The number of halogens is 3. The van der Waals surface area contributed by atoms with Crippen LogP contribution in [0.5, 0.6) is 5.75 Å². The molecule has 0 unspecified atom stereocenters. The monoisotopic (exact) mass is 464 g/mol. The van der Waals surface area contributed by atoms with Crippen LogP contribution < -0.4 is 4.74 Å². The first kappa shape index (κ1) is 20.5. The first-order valence-corrected chi connectivity index (χ1v) is 11.6. The fourth-order valence-electron chi connectivity index (χ4n) is 6.12. The Bertz CT molecular complexity index is 949. The van der Waals surface area contributed by atoms with Crippen molar-refractivity contribution in [2.75, 3.05) is 0 Å². The van der Waals surface area contributed by atoms with E-state index in [9.17, 15) is 4.79 Å². The van der Waals surface area contributed by atoms with Crippen molar-refractivity contribution in [3.63, 3.8) is 0 Å². The van der Waals surface area contributed by atoms with E-state index in [0.29, 0.717) is 32.3 Å². The predicted octanol–water partition coefficient (Wildman–Crippen LogP) is 7.62. The van der Waals surface area contributed by atoms with Crippen molar-refractivity contribution >= 4 is 46.7 Å². The molecule has 4 fully saturated rings. The second-order valence-electron chi connectivity index (χ2n) is 9.19. The molecule has 4 aliphatic rings. The lowest BCUT2D eigenvalue weighted by Gasteiger charge is -2.55. The molecule has 1 heterocycles. The topological polar surface area (TPSA) is 39.4 Å². The van der Waals surface area contributed by atoms with E-state index in [-0.39, 0.29) is 17.8 Å². The Balaban J connectivity index is 1.23. The molecule has 1 aromatic heterocycles. The highest BCUT2D eigenvalue weighted by Gasteiger charge is 2.53. The molecule has 30 heavy (non-hydrogen) atoms. The minimum atomic E-state index is -0.119. The SMILES string of the molecule is O=C(/C=C/c1ccc(COc2c(Cl)cc(Cl)cc2Cl)o1)C12CC3CC(CC(C3)C1)C2. The third kappa shape index (κ3) is 3.92. The third-order valence-corrected chi connectivity index (χ3v) is 7.74. The van der Waals surface area contributed by atoms with Crippen molar-refractivity contribution in [2.45, 2.75) is 45.1 Å². The maximum absolute atomic E-state index is 13.1. The van der Waals surface area contributed by atoms with Crippen LogP contribution in [0.25, 0.3) is 6.08 Å². The van der Waals surface area contributed by atoms with Crippen LogP contribution in [0, 0.1) is 23.2 Å². The fourth-order valence-corrected chi connectivity index (χ4v) is 7.04. The standard InChI is InChI=1S/C24H23Cl3O3/c25-17-8-20(26)23(21(27)9-17)29-13-19-2-1-18(30-19)3-4-22(28)24-10-14-5-15(11-24)7-16(6-14)12-24/h1-4,8-9,14-16H,5-7,10-13H2/b4-3+. The van der Waals surface area contributed by atoms with Gasteiger partial charge < -0.3 is 9.15 Å². The van der Waals surface area contributed by atoms with Gasteiger partial charge in [0.15, 0.2) is 11.5 Å². The highest BCUT2D eigenvalue weighted by molar-refractivity contribution is 6.40. The number of hydrogen-bond donors (Lipinski definition) is 0.